The third kappa shape index (κ3) is 4.97. The largest absolute Gasteiger partial charge is 0.378 e. The number of ether oxygens (including phenoxy) is 1. The lowest BCUT2D eigenvalue weighted by molar-refractivity contribution is -0.00128. The van der Waals surface area contributed by atoms with Crippen molar-refractivity contribution < 1.29 is 4.74 Å². The van der Waals surface area contributed by atoms with Crippen LogP contribution in [0.1, 0.15) is 53.9 Å². The molecule has 0 aromatic rings. The number of rotatable bonds is 6. The minimum absolute atomic E-state index is 0.484. The van der Waals surface area contributed by atoms with Crippen molar-refractivity contribution in [3.8, 4) is 0 Å². The number of hydrogen-bond donors (Lipinski definition) is 1. The van der Waals surface area contributed by atoms with Gasteiger partial charge in [0.25, 0.3) is 0 Å². The fraction of sp³-hybridized carbons (Fsp3) is 1.00. The summed E-state index contributed by atoms with van der Waals surface area (Å²) in [6.07, 6.45) is 4.01. The van der Waals surface area contributed by atoms with Crippen LogP contribution in [0.4, 0.5) is 0 Å². The molecule has 0 amide bonds. The Morgan fingerprint density at radius 1 is 1.18 bits per heavy atom. The summed E-state index contributed by atoms with van der Waals surface area (Å²) >= 11 is 0. The van der Waals surface area contributed by atoms with Crippen molar-refractivity contribution in [2.75, 3.05) is 13.2 Å². The van der Waals surface area contributed by atoms with E-state index in [4.69, 9.17) is 4.74 Å². The molecule has 0 spiro atoms. The van der Waals surface area contributed by atoms with Gasteiger partial charge in [-0.05, 0) is 43.6 Å². The third-order valence-corrected chi connectivity index (χ3v) is 4.18. The van der Waals surface area contributed by atoms with E-state index in [0.717, 1.165) is 37.3 Å². The first-order chi connectivity index (χ1) is 8.04. The van der Waals surface area contributed by atoms with Crippen LogP contribution in [-0.4, -0.2) is 25.3 Å². The first-order valence-corrected chi connectivity index (χ1v) is 7.39. The molecule has 2 nitrogen and oxygen atoms in total. The average molecular weight is 241 g/mol. The number of hydrogen-bond acceptors (Lipinski definition) is 2. The molecule has 0 aromatic heterocycles. The molecule has 0 radical (unpaired) electrons. The first-order valence-electron chi connectivity index (χ1n) is 7.39. The molecule has 2 heteroatoms. The van der Waals surface area contributed by atoms with Gasteiger partial charge in [-0.1, -0.05) is 34.6 Å². The fourth-order valence-electron chi connectivity index (χ4n) is 2.89. The zero-order chi connectivity index (χ0) is 12.8. The van der Waals surface area contributed by atoms with Gasteiger partial charge < -0.3 is 10.1 Å². The molecule has 1 saturated heterocycles. The summed E-state index contributed by atoms with van der Waals surface area (Å²) in [5, 5.41) is 3.77. The highest BCUT2D eigenvalue weighted by molar-refractivity contribution is 4.78. The van der Waals surface area contributed by atoms with Crippen molar-refractivity contribution in [1.82, 2.24) is 5.32 Å². The van der Waals surface area contributed by atoms with Gasteiger partial charge in [0.15, 0.2) is 0 Å². The predicted molar refractivity (Wildman–Crippen MR) is 74.2 cm³/mol. The number of nitrogens with one attached hydrogen (secondary N) is 1. The van der Waals surface area contributed by atoms with Crippen LogP contribution in [0, 0.1) is 17.8 Å². The Labute approximate surface area is 108 Å². The van der Waals surface area contributed by atoms with E-state index < -0.39 is 0 Å². The maximum Gasteiger partial charge on any atom is 0.0587 e. The van der Waals surface area contributed by atoms with Crippen LogP contribution < -0.4 is 5.32 Å². The van der Waals surface area contributed by atoms with E-state index in [1.165, 1.54) is 12.8 Å². The Hall–Kier alpha value is -0.0800. The summed E-state index contributed by atoms with van der Waals surface area (Å²) < 4.78 is 5.72. The Morgan fingerprint density at radius 2 is 1.82 bits per heavy atom. The second kappa shape index (κ2) is 7.38. The van der Waals surface area contributed by atoms with Gasteiger partial charge in [-0.2, -0.15) is 0 Å². The fourth-order valence-corrected chi connectivity index (χ4v) is 2.89. The minimum atomic E-state index is 0.484. The summed E-state index contributed by atoms with van der Waals surface area (Å²) in [5.74, 6) is 2.33. The van der Waals surface area contributed by atoms with E-state index in [9.17, 15) is 0 Å². The molecule has 102 valence electrons. The van der Waals surface area contributed by atoms with Gasteiger partial charge in [-0.25, -0.2) is 0 Å². The van der Waals surface area contributed by atoms with Gasteiger partial charge in [-0.15, -0.1) is 0 Å². The Kier molecular flexibility index (Phi) is 6.50. The lowest BCUT2D eigenvalue weighted by atomic mass is 9.85. The van der Waals surface area contributed by atoms with Crippen LogP contribution in [0.2, 0.25) is 0 Å². The van der Waals surface area contributed by atoms with Crippen LogP contribution in [0.25, 0.3) is 0 Å². The smallest absolute Gasteiger partial charge is 0.0587 e. The van der Waals surface area contributed by atoms with E-state index in [-0.39, 0.29) is 0 Å². The molecule has 1 aliphatic heterocycles. The molecule has 1 fully saturated rings. The zero-order valence-corrected chi connectivity index (χ0v) is 12.3. The molecule has 0 aliphatic carbocycles. The van der Waals surface area contributed by atoms with Crippen molar-refractivity contribution >= 4 is 0 Å². The van der Waals surface area contributed by atoms with E-state index in [1.807, 2.05) is 0 Å². The quantitative estimate of drug-likeness (QED) is 0.769. The Morgan fingerprint density at radius 3 is 2.35 bits per heavy atom. The van der Waals surface area contributed by atoms with Crippen molar-refractivity contribution in [1.29, 1.82) is 0 Å². The van der Waals surface area contributed by atoms with Crippen LogP contribution in [0.3, 0.4) is 0 Å². The molecule has 0 aromatic carbocycles. The standard InChI is InChI=1S/C15H31NO/c1-6-14-9-13(7-8-17-14)16-10-15(11(2)3)12(4)5/h11-16H,6-10H2,1-5H3. The van der Waals surface area contributed by atoms with E-state index >= 15 is 0 Å². The average Bonchev–Trinajstić information content (AvgIpc) is 2.28. The maximum atomic E-state index is 5.72. The second-order valence-corrected chi connectivity index (χ2v) is 6.18. The molecule has 17 heavy (non-hydrogen) atoms. The van der Waals surface area contributed by atoms with Gasteiger partial charge >= 0.3 is 0 Å². The summed E-state index contributed by atoms with van der Waals surface area (Å²) in [4.78, 5) is 0. The highest BCUT2D eigenvalue weighted by Crippen LogP contribution is 2.21. The molecule has 0 bridgehead atoms. The monoisotopic (exact) mass is 241 g/mol. The van der Waals surface area contributed by atoms with Gasteiger partial charge in [-0.3, -0.25) is 0 Å². The summed E-state index contributed by atoms with van der Waals surface area (Å²) in [7, 11) is 0. The van der Waals surface area contributed by atoms with Gasteiger partial charge in [0, 0.05) is 12.6 Å². The van der Waals surface area contributed by atoms with E-state index in [0.29, 0.717) is 12.1 Å². The SMILES string of the molecule is CCC1CC(NCC(C(C)C)C(C)C)CCO1. The van der Waals surface area contributed by atoms with Crippen molar-refractivity contribution in [3.63, 3.8) is 0 Å². The molecule has 1 rings (SSSR count). The second-order valence-electron chi connectivity index (χ2n) is 6.18. The lowest BCUT2D eigenvalue weighted by Crippen LogP contribution is -2.42. The Balaban J connectivity index is 2.33. The van der Waals surface area contributed by atoms with E-state index in [1.54, 1.807) is 0 Å². The third-order valence-electron chi connectivity index (χ3n) is 4.18. The summed E-state index contributed by atoms with van der Waals surface area (Å²) in [5.41, 5.74) is 0. The lowest BCUT2D eigenvalue weighted by Gasteiger charge is -2.32. The van der Waals surface area contributed by atoms with E-state index in [2.05, 4.69) is 39.9 Å². The van der Waals surface area contributed by atoms with Gasteiger partial charge in [0.2, 0.25) is 0 Å². The topological polar surface area (TPSA) is 21.3 Å². The molecule has 0 saturated carbocycles. The molecule has 1 N–H and O–H groups in total. The van der Waals surface area contributed by atoms with Crippen molar-refractivity contribution in [2.24, 2.45) is 17.8 Å². The molecule has 2 atom stereocenters. The normalized spacial score (nSPS) is 26.1. The van der Waals surface area contributed by atoms with Crippen molar-refractivity contribution in [3.05, 3.63) is 0 Å². The molecular formula is C15H31NO. The highest BCUT2D eigenvalue weighted by Gasteiger charge is 2.23. The summed E-state index contributed by atoms with van der Waals surface area (Å²) in [6.45, 7) is 13.7. The molecule has 2 unspecified atom stereocenters. The molecule has 1 heterocycles. The van der Waals surface area contributed by atoms with Crippen LogP contribution in [0.5, 0.6) is 0 Å². The Bertz CT molecular complexity index is 195. The highest BCUT2D eigenvalue weighted by atomic mass is 16.5. The predicted octanol–water partition coefficient (Wildman–Crippen LogP) is 3.46. The molecular weight excluding hydrogens is 210 g/mol. The molecule has 1 aliphatic rings. The summed E-state index contributed by atoms with van der Waals surface area (Å²) in [6, 6.07) is 0.675. The van der Waals surface area contributed by atoms with Gasteiger partial charge in [0.05, 0.1) is 6.10 Å². The zero-order valence-electron chi connectivity index (χ0n) is 12.3. The van der Waals surface area contributed by atoms with Gasteiger partial charge in [0.1, 0.15) is 0 Å². The maximum absolute atomic E-state index is 5.72. The van der Waals surface area contributed by atoms with Crippen LogP contribution >= 0.6 is 0 Å². The van der Waals surface area contributed by atoms with Crippen molar-refractivity contribution in [2.45, 2.75) is 66.0 Å². The van der Waals surface area contributed by atoms with Crippen LogP contribution in [0.15, 0.2) is 0 Å². The minimum Gasteiger partial charge on any atom is -0.378 e. The first kappa shape index (κ1) is 15.0. The van der Waals surface area contributed by atoms with Crippen LogP contribution in [-0.2, 0) is 4.74 Å².